The van der Waals surface area contributed by atoms with Crippen LogP contribution in [-0.4, -0.2) is 19.3 Å². The van der Waals surface area contributed by atoms with Crippen molar-refractivity contribution >= 4 is 38.1 Å². The minimum absolute atomic E-state index is 0.0415. The van der Waals surface area contributed by atoms with Gasteiger partial charge in [-0.2, -0.15) is 0 Å². The Morgan fingerprint density at radius 2 is 1.89 bits per heavy atom. The van der Waals surface area contributed by atoms with Gasteiger partial charge in [0.1, 0.15) is 5.75 Å². The molecule has 2 aromatic rings. The van der Waals surface area contributed by atoms with Crippen molar-refractivity contribution in [3.05, 3.63) is 35.4 Å². The van der Waals surface area contributed by atoms with Gasteiger partial charge in [-0.1, -0.05) is 42.8 Å². The average molecular weight is 300 g/mol. The Morgan fingerprint density at radius 1 is 1.26 bits per heavy atom. The number of benzene rings is 2. The lowest BCUT2D eigenvalue weighted by molar-refractivity contribution is 0.482. The summed E-state index contributed by atoms with van der Waals surface area (Å²) in [5.41, 5.74) is 0.381. The Bertz CT molecular complexity index is 713. The van der Waals surface area contributed by atoms with Gasteiger partial charge in [0.15, 0.2) is 0 Å². The molecule has 102 valence electrons. The van der Waals surface area contributed by atoms with E-state index in [1.165, 1.54) is 6.07 Å². The molecular weight excluding hydrogens is 286 g/mol. The zero-order chi connectivity index (χ0) is 14.0. The van der Waals surface area contributed by atoms with E-state index in [9.17, 15) is 13.5 Å². The smallest absolute Gasteiger partial charge is 0.232 e. The number of hydrogen-bond donors (Lipinski definition) is 2. The monoisotopic (exact) mass is 299 g/mol. The number of aromatic hydroxyl groups is 1. The van der Waals surface area contributed by atoms with Crippen LogP contribution in [-0.2, 0) is 10.0 Å². The molecule has 0 radical (unpaired) electrons. The minimum atomic E-state index is -3.40. The van der Waals surface area contributed by atoms with Crippen molar-refractivity contribution in [2.45, 2.75) is 13.3 Å². The Kier molecular flexibility index (Phi) is 3.87. The molecule has 0 aliphatic carbocycles. The molecule has 0 unspecified atom stereocenters. The van der Waals surface area contributed by atoms with E-state index in [0.29, 0.717) is 22.9 Å². The quantitative estimate of drug-likeness (QED) is 0.851. The summed E-state index contributed by atoms with van der Waals surface area (Å²) in [4.78, 5) is 0. The second-order valence-electron chi connectivity index (χ2n) is 4.22. The molecule has 0 aliphatic rings. The predicted octanol–water partition coefficient (Wildman–Crippen LogP) is 3.35. The maximum Gasteiger partial charge on any atom is 0.232 e. The summed E-state index contributed by atoms with van der Waals surface area (Å²) in [5.74, 6) is -0.00415. The SMILES string of the molecule is CCCS(=O)(=O)Nc1cc(Cl)c(O)c2ccccc12. The molecule has 0 fully saturated rings. The molecule has 2 N–H and O–H groups in total. The summed E-state index contributed by atoms with van der Waals surface area (Å²) in [6, 6.07) is 8.37. The van der Waals surface area contributed by atoms with Crippen molar-refractivity contribution in [2.75, 3.05) is 10.5 Å². The van der Waals surface area contributed by atoms with Crippen LogP contribution < -0.4 is 4.72 Å². The second kappa shape index (κ2) is 5.27. The van der Waals surface area contributed by atoms with E-state index in [2.05, 4.69) is 4.72 Å². The van der Waals surface area contributed by atoms with Gasteiger partial charge in [0.05, 0.1) is 16.5 Å². The summed E-state index contributed by atoms with van der Waals surface area (Å²) in [7, 11) is -3.40. The highest BCUT2D eigenvalue weighted by molar-refractivity contribution is 7.92. The molecule has 19 heavy (non-hydrogen) atoms. The van der Waals surface area contributed by atoms with Crippen LogP contribution in [0, 0.1) is 0 Å². The first-order valence-corrected chi connectivity index (χ1v) is 7.88. The van der Waals surface area contributed by atoms with Gasteiger partial charge in [0.2, 0.25) is 10.0 Å². The number of rotatable bonds is 4. The van der Waals surface area contributed by atoms with Crippen LogP contribution in [0.1, 0.15) is 13.3 Å². The molecule has 2 aromatic carbocycles. The Labute approximate surface area is 117 Å². The van der Waals surface area contributed by atoms with Crippen LogP contribution >= 0.6 is 11.6 Å². The first-order chi connectivity index (χ1) is 8.94. The van der Waals surface area contributed by atoms with Crippen molar-refractivity contribution in [3.8, 4) is 5.75 Å². The summed E-state index contributed by atoms with van der Waals surface area (Å²) in [5, 5.41) is 11.1. The van der Waals surface area contributed by atoms with E-state index in [-0.39, 0.29) is 16.5 Å². The van der Waals surface area contributed by atoms with Crippen molar-refractivity contribution in [1.82, 2.24) is 0 Å². The third-order valence-electron chi connectivity index (χ3n) is 2.71. The molecule has 0 saturated heterocycles. The van der Waals surface area contributed by atoms with E-state index in [4.69, 9.17) is 11.6 Å². The number of halogens is 1. The summed E-state index contributed by atoms with van der Waals surface area (Å²) >= 11 is 5.91. The van der Waals surface area contributed by atoms with Gasteiger partial charge in [0, 0.05) is 10.8 Å². The molecule has 4 nitrogen and oxygen atoms in total. The van der Waals surface area contributed by atoms with Crippen LogP contribution in [0.25, 0.3) is 10.8 Å². The maximum atomic E-state index is 11.8. The predicted molar refractivity (Wildman–Crippen MR) is 78.3 cm³/mol. The normalized spacial score (nSPS) is 11.7. The van der Waals surface area contributed by atoms with Crippen molar-refractivity contribution in [2.24, 2.45) is 0 Å². The van der Waals surface area contributed by atoms with Crippen LogP contribution in [0.15, 0.2) is 30.3 Å². The molecular formula is C13H14ClNO3S. The summed E-state index contributed by atoms with van der Waals surface area (Å²) < 4.78 is 26.2. The number of sulfonamides is 1. The highest BCUT2D eigenvalue weighted by Crippen LogP contribution is 2.37. The van der Waals surface area contributed by atoms with E-state index in [0.717, 1.165) is 0 Å². The fourth-order valence-electron chi connectivity index (χ4n) is 1.90. The molecule has 0 amide bonds. The topological polar surface area (TPSA) is 66.4 Å². The lowest BCUT2D eigenvalue weighted by Crippen LogP contribution is -2.16. The standard InChI is InChI=1S/C13H14ClNO3S/c1-2-7-19(17,18)15-12-8-11(14)13(16)10-6-4-3-5-9(10)12/h3-6,8,15-16H,2,7H2,1H3. The van der Waals surface area contributed by atoms with E-state index in [1.807, 2.05) is 0 Å². The van der Waals surface area contributed by atoms with E-state index >= 15 is 0 Å². The van der Waals surface area contributed by atoms with Gasteiger partial charge in [-0.25, -0.2) is 8.42 Å². The summed E-state index contributed by atoms with van der Waals surface area (Å²) in [6.45, 7) is 1.79. The van der Waals surface area contributed by atoms with Gasteiger partial charge < -0.3 is 5.11 Å². The molecule has 0 aromatic heterocycles. The van der Waals surface area contributed by atoms with Crippen LogP contribution in [0.4, 0.5) is 5.69 Å². The van der Waals surface area contributed by atoms with Crippen LogP contribution in [0.3, 0.4) is 0 Å². The van der Waals surface area contributed by atoms with Crippen LogP contribution in [0.5, 0.6) is 5.75 Å². The van der Waals surface area contributed by atoms with E-state index in [1.54, 1.807) is 31.2 Å². The van der Waals surface area contributed by atoms with Gasteiger partial charge in [-0.3, -0.25) is 4.72 Å². The average Bonchev–Trinajstić information content (AvgIpc) is 2.35. The number of anilines is 1. The zero-order valence-electron chi connectivity index (χ0n) is 10.4. The molecule has 0 saturated carbocycles. The third kappa shape index (κ3) is 2.93. The Hall–Kier alpha value is -1.46. The highest BCUT2D eigenvalue weighted by atomic mass is 35.5. The third-order valence-corrected chi connectivity index (χ3v) is 4.47. The summed E-state index contributed by atoms with van der Waals surface area (Å²) in [6.07, 6.45) is 0.527. The fourth-order valence-corrected chi connectivity index (χ4v) is 3.25. The zero-order valence-corrected chi connectivity index (χ0v) is 11.9. The van der Waals surface area contributed by atoms with Gasteiger partial charge in [-0.15, -0.1) is 0 Å². The van der Waals surface area contributed by atoms with Crippen LogP contribution in [0.2, 0.25) is 5.02 Å². The van der Waals surface area contributed by atoms with Gasteiger partial charge in [0.25, 0.3) is 0 Å². The highest BCUT2D eigenvalue weighted by Gasteiger charge is 2.14. The molecule has 0 heterocycles. The Morgan fingerprint density at radius 3 is 2.53 bits per heavy atom. The Balaban J connectivity index is 2.58. The van der Waals surface area contributed by atoms with Crippen molar-refractivity contribution in [3.63, 3.8) is 0 Å². The van der Waals surface area contributed by atoms with E-state index < -0.39 is 10.0 Å². The van der Waals surface area contributed by atoms with Crippen molar-refractivity contribution in [1.29, 1.82) is 0 Å². The number of hydrogen-bond acceptors (Lipinski definition) is 3. The number of phenolic OH excluding ortho intramolecular Hbond substituents is 1. The lowest BCUT2D eigenvalue weighted by atomic mass is 10.1. The molecule has 0 atom stereocenters. The maximum absolute atomic E-state index is 11.8. The first kappa shape index (κ1) is 14.0. The fraction of sp³-hybridized carbons (Fsp3) is 0.231. The van der Waals surface area contributed by atoms with Gasteiger partial charge >= 0.3 is 0 Å². The number of fused-ring (bicyclic) bond motifs is 1. The minimum Gasteiger partial charge on any atom is -0.506 e. The molecule has 0 aliphatic heterocycles. The van der Waals surface area contributed by atoms with Gasteiger partial charge in [-0.05, 0) is 12.5 Å². The molecule has 0 bridgehead atoms. The molecule has 0 spiro atoms. The number of nitrogens with one attached hydrogen (secondary N) is 1. The van der Waals surface area contributed by atoms with Crippen molar-refractivity contribution < 1.29 is 13.5 Å². The molecule has 6 heteroatoms. The first-order valence-electron chi connectivity index (χ1n) is 5.85. The second-order valence-corrected chi connectivity index (χ2v) is 6.47. The number of phenols is 1. The lowest BCUT2D eigenvalue weighted by Gasteiger charge is -2.12. The molecule has 2 rings (SSSR count). The largest absolute Gasteiger partial charge is 0.506 e.